The molecule has 0 spiro atoms. The Morgan fingerprint density at radius 3 is 2.69 bits per heavy atom. The summed E-state index contributed by atoms with van der Waals surface area (Å²) in [4.78, 5) is 0. The van der Waals surface area contributed by atoms with Gasteiger partial charge in [0.2, 0.25) is 0 Å². The monoisotopic (exact) mass is 437 g/mol. The summed E-state index contributed by atoms with van der Waals surface area (Å²) < 4.78 is 16.8. The third kappa shape index (κ3) is 2.97. The van der Waals surface area contributed by atoms with Gasteiger partial charge in [0.15, 0.2) is 0 Å². The molecular weight excluding hydrogens is 421 g/mol. The van der Waals surface area contributed by atoms with Crippen molar-refractivity contribution < 1.29 is 14.6 Å². The Hall–Kier alpha value is -1.40. The maximum atomic E-state index is 14.0. The number of aliphatic hydroxyl groups excluding tert-OH is 2. The summed E-state index contributed by atoms with van der Waals surface area (Å²) >= 11 is 9.50. The number of halogens is 3. The summed E-state index contributed by atoms with van der Waals surface area (Å²) in [6.45, 7) is 0.296. The molecule has 4 rings (SSSR count). The number of nitrogens with zero attached hydrogens (tertiary/aromatic N) is 1. The summed E-state index contributed by atoms with van der Waals surface area (Å²) in [5.74, 6) is -0.452. The molecule has 0 bridgehead atoms. The van der Waals surface area contributed by atoms with Gasteiger partial charge in [-0.05, 0) is 64.2 Å². The highest BCUT2D eigenvalue weighted by molar-refractivity contribution is 9.10. The number of aromatic nitrogens is 1. The van der Waals surface area contributed by atoms with Gasteiger partial charge >= 0.3 is 0 Å². The van der Waals surface area contributed by atoms with Gasteiger partial charge in [-0.1, -0.05) is 23.7 Å². The van der Waals surface area contributed by atoms with Crippen LogP contribution in [0.5, 0.6) is 0 Å². The van der Waals surface area contributed by atoms with Gasteiger partial charge in [-0.15, -0.1) is 0 Å². The molecule has 0 saturated heterocycles. The van der Waals surface area contributed by atoms with Crippen molar-refractivity contribution in [2.24, 2.45) is 0 Å². The summed E-state index contributed by atoms with van der Waals surface area (Å²) in [5.41, 5.74) is 4.03. The third-order valence-corrected chi connectivity index (χ3v) is 6.04. The van der Waals surface area contributed by atoms with Gasteiger partial charge < -0.3 is 14.8 Å². The zero-order valence-corrected chi connectivity index (χ0v) is 16.3. The Morgan fingerprint density at radius 1 is 1.27 bits per heavy atom. The molecule has 3 nitrogen and oxygen atoms in total. The number of hydrogen-bond donors (Lipinski definition) is 2. The second-order valence-corrected chi connectivity index (χ2v) is 8.05. The average Bonchev–Trinajstić information content (AvgIpc) is 3.16. The van der Waals surface area contributed by atoms with Crippen LogP contribution in [0.2, 0.25) is 5.02 Å². The molecule has 3 aromatic rings. The number of rotatable bonds is 4. The molecule has 2 N–H and O–H groups in total. The normalized spacial score (nSPS) is 17.7. The number of hydrogen-bond acceptors (Lipinski definition) is 2. The largest absolute Gasteiger partial charge is 0.394 e. The first-order valence-corrected chi connectivity index (χ1v) is 9.70. The highest BCUT2D eigenvalue weighted by Crippen LogP contribution is 2.44. The fourth-order valence-electron chi connectivity index (χ4n) is 4.05. The SMILES string of the molecule is OCC(O)[C@H]1CCc2c1n(Cc1ccc(Cl)cc1)c1c(Br)cc(F)cc21. The maximum Gasteiger partial charge on any atom is 0.125 e. The fourth-order valence-corrected chi connectivity index (χ4v) is 4.83. The molecule has 0 aliphatic heterocycles. The molecule has 0 saturated carbocycles. The van der Waals surface area contributed by atoms with E-state index in [1.165, 1.54) is 6.07 Å². The summed E-state index contributed by atoms with van der Waals surface area (Å²) in [6, 6.07) is 10.6. The molecule has 0 radical (unpaired) electrons. The van der Waals surface area contributed by atoms with Gasteiger partial charge in [-0.2, -0.15) is 0 Å². The van der Waals surface area contributed by atoms with E-state index in [4.69, 9.17) is 11.6 Å². The van der Waals surface area contributed by atoms with Gasteiger partial charge in [-0.25, -0.2) is 4.39 Å². The van der Waals surface area contributed by atoms with Crippen molar-refractivity contribution in [1.29, 1.82) is 0 Å². The highest BCUT2D eigenvalue weighted by Gasteiger charge is 2.34. The predicted molar refractivity (Wildman–Crippen MR) is 104 cm³/mol. The maximum absolute atomic E-state index is 14.0. The van der Waals surface area contributed by atoms with Crippen LogP contribution in [-0.4, -0.2) is 27.5 Å². The zero-order chi connectivity index (χ0) is 18.4. The standard InChI is InChI=1S/C20H18BrClFNO2/c21-17-8-13(23)7-16-14-5-6-15(18(26)10-25)19(14)24(20(16)17)9-11-1-3-12(22)4-2-11/h1-4,7-8,15,18,25-26H,5-6,9-10H2/t15-,18?/m1/s1. The van der Waals surface area contributed by atoms with Crippen LogP contribution in [0.15, 0.2) is 40.9 Å². The van der Waals surface area contributed by atoms with E-state index in [0.717, 1.165) is 40.6 Å². The summed E-state index contributed by atoms with van der Waals surface area (Å²) in [5, 5.41) is 21.3. The van der Waals surface area contributed by atoms with Crippen molar-refractivity contribution in [3.8, 4) is 0 Å². The van der Waals surface area contributed by atoms with Crippen molar-refractivity contribution in [2.75, 3.05) is 6.61 Å². The second kappa shape index (κ2) is 6.97. The minimum Gasteiger partial charge on any atom is -0.394 e. The quantitative estimate of drug-likeness (QED) is 0.624. The first-order valence-electron chi connectivity index (χ1n) is 8.53. The van der Waals surface area contributed by atoms with Crippen LogP contribution in [0, 0.1) is 5.82 Å². The molecule has 0 fully saturated rings. The Morgan fingerprint density at radius 2 is 2.00 bits per heavy atom. The molecule has 2 aromatic carbocycles. The molecule has 1 aliphatic rings. The Kier molecular flexibility index (Phi) is 4.82. The first kappa shape index (κ1) is 18.0. The number of aryl methyl sites for hydroxylation is 1. The number of aliphatic hydroxyl groups is 2. The second-order valence-electron chi connectivity index (χ2n) is 6.76. The Labute approximate surface area is 164 Å². The Balaban J connectivity index is 1.93. The predicted octanol–water partition coefficient (Wildman–Crippen LogP) is 4.63. The van der Waals surface area contributed by atoms with E-state index in [9.17, 15) is 14.6 Å². The molecular formula is C20H18BrClFNO2. The van der Waals surface area contributed by atoms with Gasteiger partial charge in [-0.3, -0.25) is 0 Å². The van der Waals surface area contributed by atoms with Gasteiger partial charge in [0, 0.05) is 33.0 Å². The van der Waals surface area contributed by atoms with Crippen LogP contribution in [0.1, 0.15) is 29.2 Å². The molecule has 136 valence electrons. The van der Waals surface area contributed by atoms with Crippen molar-refractivity contribution >= 4 is 38.4 Å². The van der Waals surface area contributed by atoms with Gasteiger partial charge in [0.1, 0.15) is 5.82 Å². The first-order chi connectivity index (χ1) is 12.5. The topological polar surface area (TPSA) is 45.4 Å². The summed E-state index contributed by atoms with van der Waals surface area (Å²) in [6.07, 6.45) is 0.682. The summed E-state index contributed by atoms with van der Waals surface area (Å²) in [7, 11) is 0. The molecule has 0 amide bonds. The molecule has 1 aliphatic carbocycles. The van der Waals surface area contributed by atoms with Crippen molar-refractivity contribution in [1.82, 2.24) is 4.57 Å². The van der Waals surface area contributed by atoms with E-state index in [0.29, 0.717) is 16.0 Å². The van der Waals surface area contributed by atoms with Crippen LogP contribution in [0.3, 0.4) is 0 Å². The van der Waals surface area contributed by atoms with E-state index in [1.54, 1.807) is 6.07 Å². The van der Waals surface area contributed by atoms with Crippen LogP contribution >= 0.6 is 27.5 Å². The van der Waals surface area contributed by atoms with E-state index < -0.39 is 6.10 Å². The minimum absolute atomic E-state index is 0.162. The molecule has 26 heavy (non-hydrogen) atoms. The Bertz CT molecular complexity index is 970. The zero-order valence-electron chi connectivity index (χ0n) is 13.9. The van der Waals surface area contributed by atoms with Crippen molar-refractivity contribution in [3.63, 3.8) is 0 Å². The van der Waals surface area contributed by atoms with Crippen LogP contribution in [0.4, 0.5) is 4.39 Å². The fraction of sp³-hybridized carbons (Fsp3) is 0.300. The van der Waals surface area contributed by atoms with Crippen molar-refractivity contribution in [2.45, 2.75) is 31.4 Å². The van der Waals surface area contributed by atoms with E-state index in [-0.39, 0.29) is 18.3 Å². The lowest BCUT2D eigenvalue weighted by Gasteiger charge is -2.20. The lowest BCUT2D eigenvalue weighted by molar-refractivity contribution is 0.0710. The van der Waals surface area contributed by atoms with Gasteiger partial charge in [0.05, 0.1) is 18.2 Å². The molecule has 6 heteroatoms. The highest BCUT2D eigenvalue weighted by atomic mass is 79.9. The number of fused-ring (bicyclic) bond motifs is 3. The molecule has 1 aromatic heterocycles. The van der Waals surface area contributed by atoms with Crippen LogP contribution < -0.4 is 0 Å². The molecule has 2 atom stereocenters. The third-order valence-electron chi connectivity index (χ3n) is 5.19. The van der Waals surface area contributed by atoms with E-state index >= 15 is 0 Å². The van der Waals surface area contributed by atoms with Crippen LogP contribution in [0.25, 0.3) is 10.9 Å². The van der Waals surface area contributed by atoms with Crippen molar-refractivity contribution in [3.05, 3.63) is 68.5 Å². The average molecular weight is 439 g/mol. The van der Waals surface area contributed by atoms with Gasteiger partial charge in [0.25, 0.3) is 0 Å². The lowest BCUT2D eigenvalue weighted by Crippen LogP contribution is -2.23. The van der Waals surface area contributed by atoms with E-state index in [1.807, 2.05) is 24.3 Å². The molecule has 1 unspecified atom stereocenters. The number of benzene rings is 2. The minimum atomic E-state index is -0.826. The van der Waals surface area contributed by atoms with E-state index in [2.05, 4.69) is 20.5 Å². The van der Waals surface area contributed by atoms with Crippen LogP contribution in [-0.2, 0) is 13.0 Å². The lowest BCUT2D eigenvalue weighted by atomic mass is 10.00. The smallest absolute Gasteiger partial charge is 0.125 e. The molecule has 1 heterocycles.